The number of carbonyl (C=O) groups excluding carboxylic acids is 1. The van der Waals surface area contributed by atoms with Crippen molar-refractivity contribution >= 4 is 23.4 Å². The summed E-state index contributed by atoms with van der Waals surface area (Å²) in [6.07, 6.45) is -0.0649. The van der Waals surface area contributed by atoms with E-state index in [1.807, 2.05) is 0 Å². The molecule has 0 radical (unpaired) electrons. The van der Waals surface area contributed by atoms with E-state index in [2.05, 4.69) is 0 Å². The summed E-state index contributed by atoms with van der Waals surface area (Å²) < 4.78 is 26.4. The smallest absolute Gasteiger partial charge is 0.338 e. The molecule has 2 aromatic rings. The largest absolute Gasteiger partial charge is 0.478 e. The Labute approximate surface area is 154 Å². The van der Waals surface area contributed by atoms with E-state index < -0.39 is 34.7 Å². The molecular weight excluding hydrogens is 360 g/mol. The fraction of sp³-hybridized carbons (Fsp3) is 0.211. The molecule has 0 saturated heterocycles. The number of nitrogen functional groups attached to an aromatic ring is 1. The van der Waals surface area contributed by atoms with E-state index in [9.17, 15) is 23.2 Å². The highest BCUT2D eigenvalue weighted by Gasteiger charge is 2.17. The SMILES string of the molecule is CC(C)C(=O)Cc1cccc(C(=O)O)c1F.Nc1cccc(C(=O)O)c1F. The number of ketones is 1. The quantitative estimate of drug-likeness (QED) is 0.686. The van der Waals surface area contributed by atoms with Crippen molar-refractivity contribution in [3.8, 4) is 0 Å². The van der Waals surface area contributed by atoms with E-state index in [1.165, 1.54) is 30.3 Å². The van der Waals surface area contributed by atoms with E-state index in [4.69, 9.17) is 15.9 Å². The molecule has 2 rings (SSSR count). The molecule has 0 aliphatic carbocycles. The Morgan fingerprint density at radius 2 is 1.41 bits per heavy atom. The van der Waals surface area contributed by atoms with Gasteiger partial charge in [0, 0.05) is 12.3 Å². The van der Waals surface area contributed by atoms with E-state index in [0.717, 1.165) is 6.07 Å². The molecule has 27 heavy (non-hydrogen) atoms. The highest BCUT2D eigenvalue weighted by molar-refractivity contribution is 5.89. The molecule has 0 amide bonds. The third kappa shape index (κ3) is 5.88. The molecule has 0 aliphatic heterocycles. The maximum Gasteiger partial charge on any atom is 0.338 e. The molecule has 144 valence electrons. The lowest BCUT2D eigenvalue weighted by Crippen LogP contribution is -2.13. The highest BCUT2D eigenvalue weighted by Crippen LogP contribution is 2.15. The molecular formula is C19H19F2NO5. The summed E-state index contributed by atoms with van der Waals surface area (Å²) in [4.78, 5) is 32.4. The van der Waals surface area contributed by atoms with Crippen molar-refractivity contribution in [1.29, 1.82) is 0 Å². The summed E-state index contributed by atoms with van der Waals surface area (Å²) in [5, 5.41) is 17.1. The first kappa shape index (κ1) is 21.8. The predicted molar refractivity (Wildman–Crippen MR) is 94.7 cm³/mol. The van der Waals surface area contributed by atoms with Crippen molar-refractivity contribution in [2.24, 2.45) is 5.92 Å². The van der Waals surface area contributed by atoms with Crippen molar-refractivity contribution in [2.75, 3.05) is 5.73 Å². The van der Waals surface area contributed by atoms with E-state index in [0.29, 0.717) is 0 Å². The van der Waals surface area contributed by atoms with Crippen LogP contribution in [0.1, 0.15) is 40.1 Å². The van der Waals surface area contributed by atoms with Crippen LogP contribution in [0.2, 0.25) is 0 Å². The second kappa shape index (κ2) is 9.42. The van der Waals surface area contributed by atoms with Crippen molar-refractivity contribution in [2.45, 2.75) is 20.3 Å². The van der Waals surface area contributed by atoms with Crippen LogP contribution in [0.15, 0.2) is 36.4 Å². The molecule has 0 aromatic heterocycles. The average Bonchev–Trinajstić information content (AvgIpc) is 2.59. The third-order valence-corrected chi connectivity index (χ3v) is 3.58. The molecule has 0 heterocycles. The Kier molecular flexibility index (Phi) is 7.59. The number of benzene rings is 2. The van der Waals surface area contributed by atoms with Crippen molar-refractivity contribution in [3.05, 3.63) is 64.7 Å². The molecule has 6 nitrogen and oxygen atoms in total. The lowest BCUT2D eigenvalue weighted by Gasteiger charge is -2.06. The van der Waals surface area contributed by atoms with E-state index in [-0.39, 0.29) is 29.4 Å². The number of hydrogen-bond donors (Lipinski definition) is 3. The Morgan fingerprint density at radius 3 is 1.85 bits per heavy atom. The molecule has 0 unspecified atom stereocenters. The zero-order valence-electron chi connectivity index (χ0n) is 14.7. The van der Waals surface area contributed by atoms with Crippen LogP contribution < -0.4 is 5.73 Å². The van der Waals surface area contributed by atoms with Crippen LogP contribution >= 0.6 is 0 Å². The van der Waals surface area contributed by atoms with Gasteiger partial charge in [-0.15, -0.1) is 0 Å². The van der Waals surface area contributed by atoms with Gasteiger partial charge in [0.05, 0.1) is 16.8 Å². The number of halogens is 2. The number of Topliss-reactive ketones (excluding diaryl/α,β-unsaturated/α-hetero) is 1. The topological polar surface area (TPSA) is 118 Å². The first-order valence-corrected chi connectivity index (χ1v) is 7.86. The number of carboxylic acid groups (broad SMARTS) is 2. The summed E-state index contributed by atoms with van der Waals surface area (Å²) in [6.45, 7) is 3.45. The van der Waals surface area contributed by atoms with Gasteiger partial charge in [-0.05, 0) is 23.8 Å². The van der Waals surface area contributed by atoms with Gasteiger partial charge in [0.1, 0.15) is 11.6 Å². The van der Waals surface area contributed by atoms with Crippen LogP contribution in [0, 0.1) is 17.6 Å². The van der Waals surface area contributed by atoms with Gasteiger partial charge in [-0.25, -0.2) is 18.4 Å². The maximum atomic E-state index is 13.6. The van der Waals surface area contributed by atoms with Gasteiger partial charge in [0.2, 0.25) is 0 Å². The number of carboxylic acids is 2. The normalized spacial score (nSPS) is 10.1. The van der Waals surface area contributed by atoms with Crippen LogP contribution in [-0.2, 0) is 11.2 Å². The highest BCUT2D eigenvalue weighted by atomic mass is 19.1. The number of nitrogens with two attached hydrogens (primary N) is 1. The Bertz CT molecular complexity index is 865. The fourth-order valence-electron chi connectivity index (χ4n) is 1.99. The Morgan fingerprint density at radius 1 is 0.926 bits per heavy atom. The van der Waals surface area contributed by atoms with E-state index in [1.54, 1.807) is 13.8 Å². The van der Waals surface area contributed by atoms with Crippen LogP contribution in [0.4, 0.5) is 14.5 Å². The second-order valence-corrected chi connectivity index (χ2v) is 5.90. The molecule has 2 aromatic carbocycles. The molecule has 0 bridgehead atoms. The van der Waals surface area contributed by atoms with Crippen molar-refractivity contribution < 1.29 is 33.4 Å². The van der Waals surface area contributed by atoms with Gasteiger partial charge < -0.3 is 15.9 Å². The summed E-state index contributed by atoms with van der Waals surface area (Å²) in [5.41, 5.74) is 4.32. The standard InChI is InChI=1S/C12H13FO3.C7H6FNO2/c1-7(2)10(14)6-8-4-3-5-9(11(8)13)12(15)16;8-6-4(7(10)11)2-1-3-5(6)9/h3-5,7H,6H2,1-2H3,(H,15,16);1-3H,9H2,(H,10,11). The number of aromatic carboxylic acids is 2. The number of anilines is 1. The zero-order chi connectivity index (χ0) is 20.7. The summed E-state index contributed by atoms with van der Waals surface area (Å²) in [6, 6.07) is 7.91. The lowest BCUT2D eigenvalue weighted by molar-refractivity contribution is -0.121. The van der Waals surface area contributed by atoms with Gasteiger partial charge in [0.15, 0.2) is 5.82 Å². The van der Waals surface area contributed by atoms with Crippen molar-refractivity contribution in [3.63, 3.8) is 0 Å². The van der Waals surface area contributed by atoms with Gasteiger partial charge in [-0.1, -0.05) is 32.0 Å². The van der Waals surface area contributed by atoms with Crippen LogP contribution in [0.3, 0.4) is 0 Å². The maximum absolute atomic E-state index is 13.6. The summed E-state index contributed by atoms with van der Waals surface area (Å²) in [7, 11) is 0. The zero-order valence-corrected chi connectivity index (χ0v) is 14.7. The van der Waals surface area contributed by atoms with Crippen molar-refractivity contribution in [1.82, 2.24) is 0 Å². The lowest BCUT2D eigenvalue weighted by atomic mass is 9.99. The minimum atomic E-state index is -1.32. The van der Waals surface area contributed by atoms with Gasteiger partial charge >= 0.3 is 11.9 Å². The summed E-state index contributed by atoms with van der Waals surface area (Å²) in [5.74, 6) is -4.62. The molecule has 0 spiro atoms. The van der Waals surface area contributed by atoms with E-state index >= 15 is 0 Å². The van der Waals surface area contributed by atoms with Gasteiger partial charge in [0.25, 0.3) is 0 Å². The number of hydrogen-bond acceptors (Lipinski definition) is 4. The predicted octanol–water partition coefficient (Wildman–Crippen LogP) is 3.40. The number of rotatable bonds is 5. The Hall–Kier alpha value is -3.29. The molecule has 8 heteroatoms. The van der Waals surface area contributed by atoms with Gasteiger partial charge in [-0.3, -0.25) is 4.79 Å². The first-order chi connectivity index (χ1) is 12.6. The minimum absolute atomic E-state index is 0.0649. The van der Waals surface area contributed by atoms with Crippen LogP contribution in [0.5, 0.6) is 0 Å². The Balaban J connectivity index is 0.000000289. The molecule has 0 atom stereocenters. The molecule has 0 aliphatic rings. The van der Waals surface area contributed by atoms with Crippen LogP contribution in [0.25, 0.3) is 0 Å². The molecule has 0 saturated carbocycles. The average molecular weight is 379 g/mol. The second-order valence-electron chi connectivity index (χ2n) is 5.90. The fourth-order valence-corrected chi connectivity index (χ4v) is 1.99. The monoisotopic (exact) mass is 379 g/mol. The molecule has 0 fully saturated rings. The minimum Gasteiger partial charge on any atom is -0.478 e. The van der Waals surface area contributed by atoms with Gasteiger partial charge in [-0.2, -0.15) is 0 Å². The molecule has 4 N–H and O–H groups in total. The number of carbonyl (C=O) groups is 3. The first-order valence-electron chi connectivity index (χ1n) is 7.86. The third-order valence-electron chi connectivity index (χ3n) is 3.58. The van der Waals surface area contributed by atoms with Crippen LogP contribution in [-0.4, -0.2) is 27.9 Å². The summed E-state index contributed by atoms with van der Waals surface area (Å²) >= 11 is 0.